The van der Waals surface area contributed by atoms with Gasteiger partial charge in [0, 0.05) is 38.4 Å². The third kappa shape index (κ3) is 10.2. The quantitative estimate of drug-likeness (QED) is 0.0239. The number of azo groups is 1. The Morgan fingerprint density at radius 3 is 1.90 bits per heavy atom. The van der Waals surface area contributed by atoms with Crippen LogP contribution in [0.4, 0.5) is 28.4 Å². The second-order valence-electron chi connectivity index (χ2n) is 12.1. The first kappa shape index (κ1) is 47.5. The molecule has 17 nitrogen and oxygen atoms in total. The van der Waals surface area contributed by atoms with E-state index in [-0.39, 0.29) is 122 Å². The Hall–Kier alpha value is -4.19. The Kier molecular flexibility index (Phi) is 15.3. The smallest absolute Gasteiger partial charge is 0.744 e. The summed E-state index contributed by atoms with van der Waals surface area (Å²) in [4.78, 5) is 35.0. The largest absolute Gasteiger partial charge is 1.00 e. The van der Waals surface area contributed by atoms with Crippen LogP contribution in [0, 0.1) is 0 Å². The molecule has 0 atom stereocenters. The summed E-state index contributed by atoms with van der Waals surface area (Å²) in [7, 11) is -10.0. The molecule has 5 aromatic carbocycles. The number of nitrogens with two attached hydrogens (primary N) is 1. The first-order valence-corrected chi connectivity index (χ1v) is 18.8. The molecule has 0 saturated carbocycles. The number of hydrogen-bond donors (Lipinski definition) is 3. The number of anilines is 3. The molecule has 0 fully saturated rings. The third-order valence-corrected chi connectivity index (χ3v) is 10.2. The van der Waals surface area contributed by atoms with Crippen LogP contribution in [-0.4, -0.2) is 54.9 Å². The number of carbonyl (C=O) groups excluding carboxylic acids is 3. The van der Waals surface area contributed by atoms with Crippen LogP contribution >= 0.6 is 0 Å². The van der Waals surface area contributed by atoms with Gasteiger partial charge < -0.3 is 24.7 Å². The third-order valence-electron chi connectivity index (χ3n) is 8.52. The summed E-state index contributed by atoms with van der Waals surface area (Å²) in [6.07, 6.45) is 4.35. The predicted octanol–water partition coefficient (Wildman–Crippen LogP) is -4.96. The van der Waals surface area contributed by atoms with Crippen LogP contribution in [-0.2, 0) is 29.8 Å². The maximum Gasteiger partial charge on any atom is 1.00 e. The molecule has 2 aliphatic carbocycles. The molecular weight excluding hydrogens is 836 g/mol. The molecule has 0 unspecified atom stereocenters. The number of Topliss-reactive ketones (excluding diaryl/α,β-unsaturated/α-hetero) is 1. The van der Waals surface area contributed by atoms with Gasteiger partial charge in [-0.1, -0.05) is 30.3 Å². The Balaban J connectivity index is 0.00000256. The second-order valence-corrected chi connectivity index (χ2v) is 14.8. The number of ketones is 2. The monoisotopic (exact) mass is 857 g/mol. The van der Waals surface area contributed by atoms with Crippen LogP contribution in [0.2, 0.25) is 0 Å². The van der Waals surface area contributed by atoms with E-state index in [4.69, 9.17) is 5.73 Å². The van der Waals surface area contributed by atoms with Gasteiger partial charge >= 0.3 is 88.7 Å². The topological polar surface area (TPSA) is 288 Å². The molecule has 59 heavy (non-hydrogen) atoms. The molecule has 0 bridgehead atoms. The van der Waals surface area contributed by atoms with E-state index < -0.39 is 58.9 Å². The molecule has 0 aliphatic heterocycles. The van der Waals surface area contributed by atoms with Gasteiger partial charge in [-0.15, -0.1) is 10.2 Å². The van der Waals surface area contributed by atoms with E-state index in [9.17, 15) is 45.4 Å². The number of allylic oxidation sites excluding steroid dienone is 4. The molecule has 0 spiro atoms. The van der Waals surface area contributed by atoms with Gasteiger partial charge in [-0.25, -0.2) is 16.8 Å². The first-order valence-electron chi connectivity index (χ1n) is 16.0. The van der Waals surface area contributed by atoms with Gasteiger partial charge in [-0.3, -0.25) is 20.4 Å². The van der Waals surface area contributed by atoms with E-state index in [0.717, 1.165) is 30.4 Å². The number of carboxylic acid groups (broad SMARTS) is 1. The number of carboxylic acids is 1. The van der Waals surface area contributed by atoms with E-state index in [1.165, 1.54) is 54.6 Å². The number of nitrogen functional groups attached to an aromatic ring is 1. The number of hydrazone groups is 2. The molecule has 22 heteroatoms. The Morgan fingerprint density at radius 2 is 1.27 bits per heavy atom. The fraction of sp³-hybridized carbons (Fsp3) is 0. The zero-order valence-corrected chi connectivity index (χ0v) is 38.8. The summed E-state index contributed by atoms with van der Waals surface area (Å²) >= 11 is 0. The SMILES string of the molecule is Nc1ccc2c(c1)C=C(S(=O)(=O)[O-])/C(=N/Nc1ccc(N=Nc3ccc(N/N=C4/C=CC(=O)C(C(=O)[O-])=C4)c4ccc(S(=O)(=O)[O-])cc34)c3ccccc13)C2=O.[Na+].[Na+].[Na+]. The van der Waals surface area contributed by atoms with Crippen molar-refractivity contribution in [1.82, 2.24) is 0 Å². The van der Waals surface area contributed by atoms with Gasteiger partial charge in [0.25, 0.3) is 0 Å². The van der Waals surface area contributed by atoms with Gasteiger partial charge in [0.05, 0.1) is 44.2 Å². The minimum Gasteiger partial charge on any atom is -0.744 e. The molecule has 7 rings (SSSR count). The first-order chi connectivity index (χ1) is 26.6. The Labute approximate surface area is 401 Å². The van der Waals surface area contributed by atoms with Crippen molar-refractivity contribution in [3.63, 3.8) is 0 Å². The summed E-state index contributed by atoms with van der Waals surface area (Å²) in [6, 6.07) is 20.6. The number of hydrogen-bond acceptors (Lipinski definition) is 17. The molecule has 2 aliphatic rings. The fourth-order valence-corrected chi connectivity index (χ4v) is 7.01. The summed E-state index contributed by atoms with van der Waals surface area (Å²) in [5.74, 6) is -3.25. The summed E-state index contributed by atoms with van der Waals surface area (Å²) < 4.78 is 72.4. The van der Waals surface area contributed by atoms with Crippen molar-refractivity contribution >= 4 is 105 Å². The van der Waals surface area contributed by atoms with E-state index in [2.05, 4.69) is 31.3 Å². The van der Waals surface area contributed by atoms with Crippen LogP contribution in [0.1, 0.15) is 15.9 Å². The zero-order valence-electron chi connectivity index (χ0n) is 31.2. The van der Waals surface area contributed by atoms with Crippen molar-refractivity contribution < 1.29 is 134 Å². The molecule has 0 radical (unpaired) electrons. The van der Waals surface area contributed by atoms with Gasteiger partial charge in [0.2, 0.25) is 5.78 Å². The van der Waals surface area contributed by atoms with Gasteiger partial charge in [0.1, 0.15) is 25.9 Å². The summed E-state index contributed by atoms with van der Waals surface area (Å²) in [5.41, 5.74) is 11.6. The van der Waals surface area contributed by atoms with E-state index in [1.54, 1.807) is 24.3 Å². The zero-order chi connectivity index (χ0) is 39.9. The Bertz CT molecular complexity index is 3020. The fourth-order valence-electron chi connectivity index (χ4n) is 5.87. The van der Waals surface area contributed by atoms with Crippen molar-refractivity contribution in [2.45, 2.75) is 4.90 Å². The average molecular weight is 858 g/mol. The Morgan fingerprint density at radius 1 is 0.661 bits per heavy atom. The molecule has 5 aromatic rings. The second kappa shape index (κ2) is 19.0. The van der Waals surface area contributed by atoms with Crippen molar-refractivity contribution in [3.8, 4) is 0 Å². The van der Waals surface area contributed by atoms with Crippen LogP contribution < -0.4 is 110 Å². The van der Waals surface area contributed by atoms with Gasteiger partial charge in [-0.2, -0.15) is 10.2 Å². The number of nitrogens with one attached hydrogen (secondary N) is 2. The molecule has 0 heterocycles. The van der Waals surface area contributed by atoms with Crippen molar-refractivity contribution in [1.29, 1.82) is 0 Å². The number of aliphatic carboxylic acids is 1. The van der Waals surface area contributed by atoms with E-state index in [0.29, 0.717) is 33.2 Å². The predicted molar refractivity (Wildman–Crippen MR) is 202 cm³/mol. The van der Waals surface area contributed by atoms with Crippen molar-refractivity contribution in [2.75, 3.05) is 16.6 Å². The number of nitrogens with zero attached hydrogens (tertiary/aromatic N) is 4. The average Bonchev–Trinajstić information content (AvgIpc) is 3.15. The summed E-state index contributed by atoms with van der Waals surface area (Å²) in [6.45, 7) is 0. The molecule has 0 amide bonds. The maximum absolute atomic E-state index is 13.3. The van der Waals surface area contributed by atoms with Crippen molar-refractivity contribution in [2.24, 2.45) is 20.4 Å². The van der Waals surface area contributed by atoms with Crippen LogP contribution in [0.15, 0.2) is 139 Å². The van der Waals surface area contributed by atoms with Crippen LogP contribution in [0.25, 0.3) is 27.6 Å². The van der Waals surface area contributed by atoms with Gasteiger partial charge in [0.15, 0.2) is 5.78 Å². The van der Waals surface area contributed by atoms with E-state index >= 15 is 0 Å². The van der Waals surface area contributed by atoms with E-state index in [1.807, 2.05) is 0 Å². The van der Waals surface area contributed by atoms with Crippen LogP contribution in [0.3, 0.4) is 0 Å². The molecule has 280 valence electrons. The standard InChI is InChI=1S/C37H25N7O10S2.3Na/c38-20-5-8-23-19(15-20)16-34(56(52,53)54)35(36(23)46)44-43-30-11-10-29(24-3-1-2-4-25(24)30)41-42-32-13-12-31(26-9-7-22(18-27(26)32)55(49,50)51)40-39-21-6-14-33(45)28(17-21)37(47)48;;;/h1-18,40,43H,38H2,(H,47,48)(H,49,50,51)(H,52,53,54);;;/q;3*+1/p-3/b39-21-,42-41?,44-35-;;;. The number of rotatable bonds is 9. The molecular formula is C37H22N7Na3O10S2. The maximum atomic E-state index is 13.3. The number of benzene rings is 5. The molecule has 0 saturated heterocycles. The minimum absolute atomic E-state index is 0. The molecule has 4 N–H and O–H groups in total. The normalized spacial score (nSPS) is 15.2. The molecule has 0 aromatic heterocycles. The summed E-state index contributed by atoms with van der Waals surface area (Å²) in [5, 5.41) is 29.7. The van der Waals surface area contributed by atoms with Gasteiger partial charge in [-0.05, 0) is 84.5 Å². The van der Waals surface area contributed by atoms with Crippen molar-refractivity contribution in [3.05, 3.63) is 125 Å². The van der Waals surface area contributed by atoms with Crippen LogP contribution in [0.5, 0.6) is 0 Å². The number of fused-ring (bicyclic) bond motifs is 3. The minimum atomic E-state index is -5.14. The number of carbonyl (C=O) groups is 3.